The van der Waals surface area contributed by atoms with E-state index in [0.717, 1.165) is 18.2 Å². The second-order valence-electron chi connectivity index (χ2n) is 4.52. The Balaban J connectivity index is 1.95. The van der Waals surface area contributed by atoms with Gasteiger partial charge in [0.1, 0.15) is 0 Å². The van der Waals surface area contributed by atoms with Crippen LogP contribution in [0, 0.1) is 18.8 Å². The van der Waals surface area contributed by atoms with E-state index in [-0.39, 0.29) is 0 Å². The molecule has 1 fully saturated rings. The lowest BCUT2D eigenvalue weighted by atomic mass is 9.89. The number of thiazole rings is 1. The van der Waals surface area contributed by atoms with Crippen molar-refractivity contribution in [1.29, 1.82) is 0 Å². The van der Waals surface area contributed by atoms with Gasteiger partial charge in [0, 0.05) is 11.3 Å². The highest BCUT2D eigenvalue weighted by molar-refractivity contribution is 7.09. The molecule has 1 atom stereocenters. The number of aryl methyl sites for hydroxylation is 1. The molecule has 0 aromatic carbocycles. The van der Waals surface area contributed by atoms with Crippen molar-refractivity contribution < 1.29 is 0 Å². The second kappa shape index (κ2) is 5.31. The summed E-state index contributed by atoms with van der Waals surface area (Å²) in [6.07, 6.45) is 6.63. The van der Waals surface area contributed by atoms with Crippen molar-refractivity contribution in [2.45, 2.75) is 39.0 Å². The molecule has 1 saturated carbocycles. The molecule has 2 rings (SSSR count). The van der Waals surface area contributed by atoms with E-state index in [4.69, 9.17) is 11.6 Å². The first-order valence-electron chi connectivity index (χ1n) is 5.76. The molecule has 1 aliphatic carbocycles. The first-order chi connectivity index (χ1) is 7.29. The van der Waals surface area contributed by atoms with Gasteiger partial charge in [-0.3, -0.25) is 0 Å². The van der Waals surface area contributed by atoms with Crippen LogP contribution in [0.2, 0.25) is 0 Å². The first-order valence-corrected chi connectivity index (χ1v) is 7.18. The Bertz CT molecular complexity index is 304. The molecule has 0 spiro atoms. The lowest BCUT2D eigenvalue weighted by molar-refractivity contribution is 0.367. The molecule has 3 heteroatoms. The van der Waals surface area contributed by atoms with Crippen molar-refractivity contribution in [2.75, 3.05) is 5.88 Å². The largest absolute Gasteiger partial charge is 0.247 e. The van der Waals surface area contributed by atoms with E-state index in [1.165, 1.54) is 36.4 Å². The summed E-state index contributed by atoms with van der Waals surface area (Å²) in [7, 11) is 0. The highest BCUT2D eigenvalue weighted by atomic mass is 35.5. The van der Waals surface area contributed by atoms with Gasteiger partial charge in [0.25, 0.3) is 0 Å². The zero-order valence-corrected chi connectivity index (χ0v) is 10.8. The van der Waals surface area contributed by atoms with Gasteiger partial charge < -0.3 is 0 Å². The molecule has 0 saturated heterocycles. The Morgan fingerprint density at radius 2 is 2.27 bits per heavy atom. The van der Waals surface area contributed by atoms with Crippen LogP contribution in [0.5, 0.6) is 0 Å². The maximum atomic E-state index is 6.08. The van der Waals surface area contributed by atoms with E-state index < -0.39 is 0 Å². The summed E-state index contributed by atoms with van der Waals surface area (Å²) in [6, 6.07) is 0. The minimum absolute atomic E-state index is 0.649. The predicted octanol–water partition coefficient (Wildman–Crippen LogP) is 4.04. The molecule has 0 N–H and O–H groups in total. The van der Waals surface area contributed by atoms with Crippen LogP contribution in [-0.4, -0.2) is 10.9 Å². The zero-order chi connectivity index (χ0) is 10.7. The highest BCUT2D eigenvalue weighted by Gasteiger charge is 2.24. The zero-order valence-electron chi connectivity index (χ0n) is 9.21. The summed E-state index contributed by atoms with van der Waals surface area (Å²) >= 11 is 7.83. The second-order valence-corrected chi connectivity index (χ2v) is 5.89. The SMILES string of the molecule is Cc1nc(CC(CCl)C2CCCC2)cs1. The molecule has 1 nitrogen and oxygen atoms in total. The first kappa shape index (κ1) is 11.4. The molecule has 1 aromatic rings. The fraction of sp³-hybridized carbons (Fsp3) is 0.750. The third-order valence-electron chi connectivity index (χ3n) is 3.40. The maximum Gasteiger partial charge on any atom is 0.0897 e. The maximum absolute atomic E-state index is 6.08. The van der Waals surface area contributed by atoms with Crippen molar-refractivity contribution in [2.24, 2.45) is 11.8 Å². The van der Waals surface area contributed by atoms with Crippen LogP contribution < -0.4 is 0 Å². The van der Waals surface area contributed by atoms with Gasteiger partial charge >= 0.3 is 0 Å². The topological polar surface area (TPSA) is 12.9 Å². The molecule has 1 aromatic heterocycles. The van der Waals surface area contributed by atoms with Gasteiger partial charge in [-0.2, -0.15) is 0 Å². The van der Waals surface area contributed by atoms with Gasteiger partial charge in [0.05, 0.1) is 10.7 Å². The molecule has 0 bridgehead atoms. The molecule has 0 aliphatic heterocycles. The summed E-state index contributed by atoms with van der Waals surface area (Å²) in [4.78, 5) is 4.53. The van der Waals surface area contributed by atoms with Crippen LogP contribution in [-0.2, 0) is 6.42 Å². The molecule has 1 heterocycles. The fourth-order valence-electron chi connectivity index (χ4n) is 2.55. The summed E-state index contributed by atoms with van der Waals surface area (Å²) in [5.74, 6) is 2.29. The average Bonchev–Trinajstić information content (AvgIpc) is 2.85. The van der Waals surface area contributed by atoms with E-state index in [2.05, 4.69) is 17.3 Å². The van der Waals surface area contributed by atoms with Crippen LogP contribution in [0.15, 0.2) is 5.38 Å². The Labute approximate surface area is 101 Å². The number of halogens is 1. The fourth-order valence-corrected chi connectivity index (χ4v) is 3.53. The smallest absolute Gasteiger partial charge is 0.0897 e. The number of rotatable bonds is 4. The van der Waals surface area contributed by atoms with Crippen LogP contribution in [0.25, 0.3) is 0 Å². The summed E-state index contributed by atoms with van der Waals surface area (Å²) in [5, 5.41) is 3.36. The summed E-state index contributed by atoms with van der Waals surface area (Å²) < 4.78 is 0. The molecule has 84 valence electrons. The number of hydrogen-bond donors (Lipinski definition) is 0. The number of aromatic nitrogens is 1. The van der Waals surface area contributed by atoms with E-state index in [9.17, 15) is 0 Å². The van der Waals surface area contributed by atoms with Gasteiger partial charge in [-0.25, -0.2) is 4.98 Å². The van der Waals surface area contributed by atoms with E-state index in [1.54, 1.807) is 11.3 Å². The quantitative estimate of drug-likeness (QED) is 0.728. The third kappa shape index (κ3) is 2.94. The van der Waals surface area contributed by atoms with Crippen molar-refractivity contribution in [3.05, 3.63) is 16.1 Å². The average molecular weight is 244 g/mol. The van der Waals surface area contributed by atoms with Gasteiger partial charge in [0.15, 0.2) is 0 Å². The lowest BCUT2D eigenvalue weighted by Gasteiger charge is -2.19. The monoisotopic (exact) mass is 243 g/mol. The molecule has 1 aliphatic rings. The number of alkyl halides is 1. The minimum Gasteiger partial charge on any atom is -0.247 e. The van der Waals surface area contributed by atoms with Crippen molar-refractivity contribution >= 4 is 22.9 Å². The molecule has 0 radical (unpaired) electrons. The Morgan fingerprint density at radius 1 is 1.53 bits per heavy atom. The van der Waals surface area contributed by atoms with Crippen LogP contribution in [0.1, 0.15) is 36.4 Å². The van der Waals surface area contributed by atoms with Gasteiger partial charge in [-0.05, 0) is 25.2 Å². The summed E-state index contributed by atoms with van der Waals surface area (Å²) in [6.45, 7) is 2.07. The Kier molecular flexibility index (Phi) is 4.04. The van der Waals surface area contributed by atoms with Gasteiger partial charge in [-0.15, -0.1) is 22.9 Å². The van der Waals surface area contributed by atoms with Crippen LogP contribution in [0.4, 0.5) is 0 Å². The van der Waals surface area contributed by atoms with Gasteiger partial charge in [0.2, 0.25) is 0 Å². The van der Waals surface area contributed by atoms with Gasteiger partial charge in [-0.1, -0.05) is 25.7 Å². The standard InChI is InChI=1S/C12H18ClNS/c1-9-14-12(8-15-9)6-11(7-13)10-4-2-3-5-10/h8,10-11H,2-7H2,1H3. The minimum atomic E-state index is 0.649. The molecule has 0 amide bonds. The Hall–Kier alpha value is -0.0800. The normalized spacial score (nSPS) is 19.6. The Morgan fingerprint density at radius 3 is 2.80 bits per heavy atom. The van der Waals surface area contributed by atoms with E-state index in [1.807, 2.05) is 0 Å². The molecule has 15 heavy (non-hydrogen) atoms. The lowest BCUT2D eigenvalue weighted by Crippen LogP contribution is -2.16. The van der Waals surface area contributed by atoms with Crippen LogP contribution in [0.3, 0.4) is 0 Å². The number of hydrogen-bond acceptors (Lipinski definition) is 2. The molecule has 1 unspecified atom stereocenters. The highest BCUT2D eigenvalue weighted by Crippen LogP contribution is 2.33. The molecular formula is C12H18ClNS. The van der Waals surface area contributed by atoms with Crippen molar-refractivity contribution in [1.82, 2.24) is 4.98 Å². The summed E-state index contributed by atoms with van der Waals surface area (Å²) in [5.41, 5.74) is 1.25. The number of nitrogens with zero attached hydrogens (tertiary/aromatic N) is 1. The molecular weight excluding hydrogens is 226 g/mol. The predicted molar refractivity (Wildman–Crippen MR) is 66.7 cm³/mol. The van der Waals surface area contributed by atoms with E-state index in [0.29, 0.717) is 5.92 Å². The van der Waals surface area contributed by atoms with E-state index >= 15 is 0 Å². The van der Waals surface area contributed by atoms with Crippen LogP contribution >= 0.6 is 22.9 Å². The van der Waals surface area contributed by atoms with Crippen molar-refractivity contribution in [3.63, 3.8) is 0 Å². The third-order valence-corrected chi connectivity index (χ3v) is 4.62. The van der Waals surface area contributed by atoms with Crippen molar-refractivity contribution in [3.8, 4) is 0 Å².